The van der Waals surface area contributed by atoms with E-state index in [1.54, 1.807) is 6.20 Å². The molecule has 3 heterocycles. The Morgan fingerprint density at radius 1 is 1.00 bits per heavy atom. The summed E-state index contributed by atoms with van der Waals surface area (Å²) in [5.74, 6) is 0. The molecule has 0 amide bonds. The number of aromatic nitrogens is 4. The van der Waals surface area contributed by atoms with E-state index in [4.69, 9.17) is 4.98 Å². The molecule has 5 nitrogen and oxygen atoms in total. The molecule has 31 heavy (non-hydrogen) atoms. The smallest absolute Gasteiger partial charge is 0.257 e. The van der Waals surface area contributed by atoms with Gasteiger partial charge in [-0.15, -0.1) is 0 Å². The van der Waals surface area contributed by atoms with E-state index in [0.717, 1.165) is 46.5 Å². The maximum absolute atomic E-state index is 12.8. The molecule has 0 aliphatic heterocycles. The van der Waals surface area contributed by atoms with Crippen molar-refractivity contribution in [1.29, 1.82) is 0 Å². The zero-order valence-electron chi connectivity index (χ0n) is 17.2. The average molecular weight is 405 g/mol. The lowest BCUT2D eigenvalue weighted by molar-refractivity contribution is 0.603. The van der Waals surface area contributed by atoms with E-state index in [1.165, 1.54) is 0 Å². The summed E-state index contributed by atoms with van der Waals surface area (Å²) in [5, 5.41) is 5.01. The molecular formula is C26H21N4O. The summed E-state index contributed by atoms with van der Waals surface area (Å²) in [5.41, 5.74) is 6.05. The Morgan fingerprint density at radius 2 is 1.81 bits per heavy atom. The van der Waals surface area contributed by atoms with Crippen LogP contribution in [0.3, 0.4) is 0 Å². The highest BCUT2D eigenvalue weighted by Crippen LogP contribution is 2.35. The summed E-state index contributed by atoms with van der Waals surface area (Å²) < 4.78 is 1.92. The summed E-state index contributed by atoms with van der Waals surface area (Å²) in [6, 6.07) is 22.8. The summed E-state index contributed by atoms with van der Waals surface area (Å²) >= 11 is 0. The van der Waals surface area contributed by atoms with E-state index in [-0.39, 0.29) is 5.56 Å². The van der Waals surface area contributed by atoms with Gasteiger partial charge in [0.05, 0.1) is 22.8 Å². The van der Waals surface area contributed by atoms with Crippen LogP contribution in [0.25, 0.3) is 44.4 Å². The number of benzene rings is 2. The summed E-state index contributed by atoms with van der Waals surface area (Å²) in [4.78, 5) is 20.7. The van der Waals surface area contributed by atoms with Crippen molar-refractivity contribution in [3.05, 3.63) is 95.7 Å². The van der Waals surface area contributed by atoms with E-state index in [9.17, 15) is 4.79 Å². The van der Waals surface area contributed by atoms with Gasteiger partial charge in [0.1, 0.15) is 0 Å². The Kier molecular flexibility index (Phi) is 4.92. The van der Waals surface area contributed by atoms with Crippen molar-refractivity contribution in [2.24, 2.45) is 0 Å². The highest BCUT2D eigenvalue weighted by atomic mass is 16.1. The lowest BCUT2D eigenvalue weighted by Crippen LogP contribution is -2.08. The molecular weight excluding hydrogens is 384 g/mol. The topological polar surface area (TPSA) is 63.6 Å². The molecule has 0 fully saturated rings. The number of nitrogens with one attached hydrogen (secondary N) is 1. The van der Waals surface area contributed by atoms with E-state index in [0.29, 0.717) is 10.9 Å². The number of aromatic amines is 1. The van der Waals surface area contributed by atoms with E-state index < -0.39 is 0 Å². The first-order valence-electron chi connectivity index (χ1n) is 10.4. The van der Waals surface area contributed by atoms with Crippen molar-refractivity contribution >= 4 is 10.9 Å². The fourth-order valence-electron chi connectivity index (χ4n) is 3.85. The molecule has 1 N–H and O–H groups in total. The summed E-state index contributed by atoms with van der Waals surface area (Å²) in [6.07, 6.45) is 6.56. The predicted octanol–water partition coefficient (Wildman–Crippen LogP) is 5.33. The Balaban J connectivity index is 1.81. The second-order valence-electron chi connectivity index (χ2n) is 7.46. The first kappa shape index (κ1) is 19.0. The number of rotatable bonds is 5. The zero-order valence-corrected chi connectivity index (χ0v) is 17.2. The lowest BCUT2D eigenvalue weighted by Gasteiger charge is -2.13. The van der Waals surface area contributed by atoms with Crippen LogP contribution in [0.1, 0.15) is 13.3 Å². The van der Waals surface area contributed by atoms with Crippen molar-refractivity contribution in [2.75, 3.05) is 0 Å². The van der Waals surface area contributed by atoms with E-state index in [2.05, 4.69) is 23.1 Å². The first-order valence-corrected chi connectivity index (χ1v) is 10.4. The van der Waals surface area contributed by atoms with Gasteiger partial charge in [0.2, 0.25) is 0 Å². The molecule has 1 radical (unpaired) electrons. The molecule has 0 aliphatic rings. The number of pyridine rings is 2. The quantitative estimate of drug-likeness (QED) is 0.430. The summed E-state index contributed by atoms with van der Waals surface area (Å²) in [7, 11) is 0. The van der Waals surface area contributed by atoms with Gasteiger partial charge in [0.15, 0.2) is 0 Å². The number of hydrogen-bond acceptors (Lipinski definition) is 3. The normalized spacial score (nSPS) is 11.1. The van der Waals surface area contributed by atoms with Crippen LogP contribution in [-0.2, 0) is 6.54 Å². The maximum Gasteiger partial charge on any atom is 0.257 e. The minimum absolute atomic E-state index is 0.155. The fraction of sp³-hybridized carbons (Fsp3) is 0.115. The average Bonchev–Trinajstić information content (AvgIpc) is 3.28. The monoisotopic (exact) mass is 405 g/mol. The second kappa shape index (κ2) is 8.03. The van der Waals surface area contributed by atoms with Gasteiger partial charge in [-0.3, -0.25) is 9.48 Å². The number of nitrogens with zero attached hydrogens (tertiary/aromatic N) is 3. The van der Waals surface area contributed by atoms with Gasteiger partial charge >= 0.3 is 0 Å². The Labute approximate surface area is 180 Å². The molecule has 0 unspecified atom stereocenters. The van der Waals surface area contributed by atoms with Crippen LogP contribution in [0.5, 0.6) is 0 Å². The number of aryl methyl sites for hydroxylation is 1. The van der Waals surface area contributed by atoms with Crippen LogP contribution in [-0.4, -0.2) is 19.7 Å². The van der Waals surface area contributed by atoms with Crippen LogP contribution in [0.2, 0.25) is 0 Å². The van der Waals surface area contributed by atoms with Gasteiger partial charge in [-0.1, -0.05) is 61.5 Å². The number of H-pyrrole nitrogens is 1. The molecule has 0 saturated heterocycles. The lowest BCUT2D eigenvalue weighted by atomic mass is 9.96. The zero-order chi connectivity index (χ0) is 21.2. The third kappa shape index (κ3) is 3.55. The molecule has 0 saturated carbocycles. The van der Waals surface area contributed by atoms with Crippen LogP contribution < -0.4 is 5.56 Å². The second-order valence-corrected chi connectivity index (χ2v) is 7.46. The Morgan fingerprint density at radius 3 is 2.58 bits per heavy atom. The SMILES string of the molecule is CCCn1cc(-c2c[nH]c(=O)c3cc(-c4ccccc4)c(-c4cc[c]cc4)nc23)cn1. The molecule has 5 rings (SSSR count). The molecule has 2 aromatic carbocycles. The molecule has 5 heteroatoms. The third-order valence-corrected chi connectivity index (χ3v) is 5.34. The minimum atomic E-state index is -0.155. The molecule has 0 aliphatic carbocycles. The predicted molar refractivity (Wildman–Crippen MR) is 124 cm³/mol. The van der Waals surface area contributed by atoms with E-state index in [1.807, 2.05) is 77.7 Å². The first-order chi connectivity index (χ1) is 15.2. The van der Waals surface area contributed by atoms with Crippen LogP contribution in [0.15, 0.2) is 84.0 Å². The van der Waals surface area contributed by atoms with Crippen LogP contribution in [0.4, 0.5) is 0 Å². The summed E-state index contributed by atoms with van der Waals surface area (Å²) in [6.45, 7) is 2.96. The van der Waals surface area contributed by atoms with Crippen molar-refractivity contribution in [2.45, 2.75) is 19.9 Å². The van der Waals surface area contributed by atoms with E-state index >= 15 is 0 Å². The van der Waals surface area contributed by atoms with Crippen molar-refractivity contribution < 1.29 is 0 Å². The van der Waals surface area contributed by atoms with Gasteiger partial charge in [0, 0.05) is 41.2 Å². The fourth-order valence-corrected chi connectivity index (χ4v) is 3.85. The van der Waals surface area contributed by atoms with Gasteiger partial charge in [0.25, 0.3) is 5.56 Å². The molecule has 3 aromatic heterocycles. The van der Waals surface area contributed by atoms with Crippen molar-refractivity contribution in [3.63, 3.8) is 0 Å². The van der Waals surface area contributed by atoms with Gasteiger partial charge in [-0.2, -0.15) is 5.10 Å². The highest BCUT2D eigenvalue weighted by Gasteiger charge is 2.16. The Hall–Kier alpha value is -3.99. The minimum Gasteiger partial charge on any atom is -0.328 e. The van der Waals surface area contributed by atoms with Crippen LogP contribution >= 0.6 is 0 Å². The van der Waals surface area contributed by atoms with Gasteiger partial charge in [-0.05, 0) is 24.1 Å². The number of fused-ring (bicyclic) bond motifs is 1. The largest absolute Gasteiger partial charge is 0.328 e. The standard InChI is InChI=1S/C26H21N4O/c1-2-13-30-17-20(15-28-30)23-16-27-26(31)22-14-21(18-9-5-3-6-10-18)24(29-25(22)23)19-11-7-4-8-12-19/h3,5-12,14-17H,2,13H2,1H3,(H,27,31). The molecule has 0 bridgehead atoms. The van der Waals surface area contributed by atoms with Gasteiger partial charge < -0.3 is 4.98 Å². The van der Waals surface area contributed by atoms with Gasteiger partial charge in [-0.25, -0.2) is 4.98 Å². The maximum atomic E-state index is 12.8. The van der Waals surface area contributed by atoms with Crippen LogP contribution in [0, 0.1) is 6.07 Å². The van der Waals surface area contributed by atoms with Crippen molar-refractivity contribution in [3.8, 4) is 33.5 Å². The Bertz CT molecular complexity index is 1400. The molecule has 5 aromatic rings. The third-order valence-electron chi connectivity index (χ3n) is 5.34. The highest BCUT2D eigenvalue weighted by molar-refractivity contribution is 5.98. The number of hydrogen-bond donors (Lipinski definition) is 1. The molecule has 151 valence electrons. The molecule has 0 spiro atoms. The van der Waals surface area contributed by atoms with Crippen molar-refractivity contribution in [1.82, 2.24) is 19.7 Å². The molecule has 0 atom stereocenters.